The van der Waals surface area contributed by atoms with Crippen molar-refractivity contribution in [1.82, 2.24) is 5.32 Å². The van der Waals surface area contributed by atoms with Crippen LogP contribution in [0.5, 0.6) is 0 Å². The number of aliphatic carboxylic acids is 1. The Balaban J connectivity index is 1.87. The van der Waals surface area contributed by atoms with Gasteiger partial charge >= 0.3 is 5.97 Å². The Morgan fingerprint density at radius 1 is 1.10 bits per heavy atom. The van der Waals surface area contributed by atoms with Gasteiger partial charge in [-0.15, -0.1) is 0 Å². The SMILES string of the molecule is O=C(CC1=CCCCC1)NCC1(C(=O)O)CCCCCC1. The van der Waals surface area contributed by atoms with Crippen molar-refractivity contribution in [1.29, 1.82) is 0 Å². The van der Waals surface area contributed by atoms with Gasteiger partial charge in [0.2, 0.25) is 5.91 Å². The first-order valence-electron chi connectivity index (χ1n) is 8.30. The molecule has 0 spiro atoms. The summed E-state index contributed by atoms with van der Waals surface area (Å²) in [6.45, 7) is 0.286. The second-order valence-corrected chi connectivity index (χ2v) is 6.56. The molecular weight excluding hydrogens is 266 g/mol. The van der Waals surface area contributed by atoms with E-state index in [0.29, 0.717) is 19.3 Å². The highest BCUT2D eigenvalue weighted by Crippen LogP contribution is 2.35. The molecule has 21 heavy (non-hydrogen) atoms. The number of carboxylic acid groups (broad SMARTS) is 1. The van der Waals surface area contributed by atoms with Crippen LogP contribution in [0, 0.1) is 5.41 Å². The van der Waals surface area contributed by atoms with Gasteiger partial charge in [-0.2, -0.15) is 0 Å². The third-order valence-corrected chi connectivity index (χ3v) is 4.91. The molecule has 2 aliphatic carbocycles. The molecular formula is C17H27NO3. The van der Waals surface area contributed by atoms with Gasteiger partial charge in [-0.3, -0.25) is 9.59 Å². The fourth-order valence-corrected chi connectivity index (χ4v) is 3.47. The number of nitrogens with one attached hydrogen (secondary N) is 1. The van der Waals surface area contributed by atoms with Crippen LogP contribution >= 0.6 is 0 Å². The molecule has 2 N–H and O–H groups in total. The van der Waals surface area contributed by atoms with Crippen molar-refractivity contribution in [2.75, 3.05) is 6.54 Å². The molecule has 0 aliphatic heterocycles. The molecule has 2 rings (SSSR count). The number of carbonyl (C=O) groups is 2. The molecule has 0 atom stereocenters. The maximum absolute atomic E-state index is 12.1. The molecule has 118 valence electrons. The van der Waals surface area contributed by atoms with Gasteiger partial charge in [-0.1, -0.05) is 37.3 Å². The summed E-state index contributed by atoms with van der Waals surface area (Å²) in [4.78, 5) is 23.7. The van der Waals surface area contributed by atoms with Crippen LogP contribution in [0.3, 0.4) is 0 Å². The minimum atomic E-state index is -0.749. The molecule has 4 nitrogen and oxygen atoms in total. The average molecular weight is 293 g/mol. The topological polar surface area (TPSA) is 66.4 Å². The maximum atomic E-state index is 12.1. The number of hydrogen-bond donors (Lipinski definition) is 2. The van der Waals surface area contributed by atoms with Crippen LogP contribution in [0.4, 0.5) is 0 Å². The summed E-state index contributed by atoms with van der Waals surface area (Å²) in [5.41, 5.74) is 0.469. The van der Waals surface area contributed by atoms with Crippen molar-refractivity contribution in [3.05, 3.63) is 11.6 Å². The molecule has 0 unspecified atom stereocenters. The van der Waals surface area contributed by atoms with E-state index >= 15 is 0 Å². The highest BCUT2D eigenvalue weighted by Gasteiger charge is 2.38. The van der Waals surface area contributed by atoms with Crippen molar-refractivity contribution in [2.24, 2.45) is 5.41 Å². The molecule has 0 heterocycles. The summed E-state index contributed by atoms with van der Waals surface area (Å²) in [7, 11) is 0. The highest BCUT2D eigenvalue weighted by molar-refractivity contribution is 5.80. The minimum Gasteiger partial charge on any atom is -0.481 e. The first-order chi connectivity index (χ1) is 10.1. The van der Waals surface area contributed by atoms with Gasteiger partial charge in [0.05, 0.1) is 5.41 Å². The van der Waals surface area contributed by atoms with Crippen LogP contribution in [-0.2, 0) is 9.59 Å². The van der Waals surface area contributed by atoms with Gasteiger partial charge in [0.15, 0.2) is 0 Å². The van der Waals surface area contributed by atoms with E-state index in [0.717, 1.165) is 44.9 Å². The lowest BCUT2D eigenvalue weighted by atomic mass is 9.80. The van der Waals surface area contributed by atoms with Crippen LogP contribution in [-0.4, -0.2) is 23.5 Å². The van der Waals surface area contributed by atoms with E-state index in [-0.39, 0.29) is 12.5 Å². The average Bonchev–Trinajstić information content (AvgIpc) is 2.73. The Bertz CT molecular complexity index is 406. The van der Waals surface area contributed by atoms with Gasteiger partial charge in [0, 0.05) is 13.0 Å². The summed E-state index contributed by atoms with van der Waals surface area (Å²) in [6, 6.07) is 0. The summed E-state index contributed by atoms with van der Waals surface area (Å²) in [5, 5.41) is 12.5. The fraction of sp³-hybridized carbons (Fsp3) is 0.765. The molecule has 0 bridgehead atoms. The largest absolute Gasteiger partial charge is 0.481 e. The molecule has 0 aromatic carbocycles. The van der Waals surface area contributed by atoms with Crippen molar-refractivity contribution >= 4 is 11.9 Å². The maximum Gasteiger partial charge on any atom is 0.311 e. The van der Waals surface area contributed by atoms with E-state index in [1.165, 1.54) is 12.0 Å². The zero-order chi connectivity index (χ0) is 15.1. The van der Waals surface area contributed by atoms with Crippen LogP contribution in [0.25, 0.3) is 0 Å². The first-order valence-corrected chi connectivity index (χ1v) is 8.30. The van der Waals surface area contributed by atoms with E-state index in [1.807, 2.05) is 0 Å². The monoisotopic (exact) mass is 293 g/mol. The Hall–Kier alpha value is -1.32. The van der Waals surface area contributed by atoms with Crippen molar-refractivity contribution < 1.29 is 14.7 Å². The predicted octanol–water partition coefficient (Wildman–Crippen LogP) is 3.42. The Labute approximate surface area is 127 Å². The normalized spacial score (nSPS) is 22.0. The van der Waals surface area contributed by atoms with E-state index in [9.17, 15) is 14.7 Å². The molecule has 0 saturated heterocycles. The highest BCUT2D eigenvalue weighted by atomic mass is 16.4. The van der Waals surface area contributed by atoms with Crippen LogP contribution < -0.4 is 5.32 Å². The van der Waals surface area contributed by atoms with E-state index < -0.39 is 11.4 Å². The molecule has 2 aliphatic rings. The van der Waals surface area contributed by atoms with Gasteiger partial charge in [0.1, 0.15) is 0 Å². The zero-order valence-electron chi connectivity index (χ0n) is 12.8. The third kappa shape index (κ3) is 4.58. The summed E-state index contributed by atoms with van der Waals surface area (Å²) in [6.07, 6.45) is 12.6. The summed E-state index contributed by atoms with van der Waals surface area (Å²) < 4.78 is 0. The number of hydrogen-bond acceptors (Lipinski definition) is 2. The second-order valence-electron chi connectivity index (χ2n) is 6.56. The lowest BCUT2D eigenvalue weighted by molar-refractivity contribution is -0.149. The zero-order valence-corrected chi connectivity index (χ0v) is 12.8. The number of carboxylic acids is 1. The van der Waals surface area contributed by atoms with Gasteiger partial charge < -0.3 is 10.4 Å². The Morgan fingerprint density at radius 2 is 1.81 bits per heavy atom. The Morgan fingerprint density at radius 3 is 2.38 bits per heavy atom. The van der Waals surface area contributed by atoms with Crippen molar-refractivity contribution in [3.8, 4) is 0 Å². The predicted molar refractivity (Wildman–Crippen MR) is 81.9 cm³/mol. The smallest absolute Gasteiger partial charge is 0.311 e. The molecule has 0 aromatic rings. The molecule has 1 fully saturated rings. The third-order valence-electron chi connectivity index (χ3n) is 4.91. The summed E-state index contributed by atoms with van der Waals surface area (Å²) in [5.74, 6) is -0.769. The van der Waals surface area contributed by atoms with Crippen LogP contribution in [0.15, 0.2) is 11.6 Å². The number of rotatable bonds is 5. The second kappa shape index (κ2) is 7.62. The fourth-order valence-electron chi connectivity index (χ4n) is 3.47. The number of amides is 1. The quantitative estimate of drug-likeness (QED) is 0.603. The molecule has 4 heteroatoms. The Kier molecular flexibility index (Phi) is 5.83. The number of carbonyl (C=O) groups excluding carboxylic acids is 1. The lowest BCUT2D eigenvalue weighted by Crippen LogP contribution is -2.43. The standard InChI is InChI=1S/C17H27NO3/c19-15(12-14-8-4-3-5-9-14)18-13-17(16(20)21)10-6-1-2-7-11-17/h8H,1-7,9-13H2,(H,18,19)(H,20,21). The van der Waals surface area contributed by atoms with Gasteiger partial charge in [-0.25, -0.2) is 0 Å². The van der Waals surface area contributed by atoms with E-state index in [4.69, 9.17) is 0 Å². The van der Waals surface area contributed by atoms with Crippen molar-refractivity contribution in [3.63, 3.8) is 0 Å². The van der Waals surface area contributed by atoms with Gasteiger partial charge in [-0.05, 0) is 38.5 Å². The number of allylic oxidation sites excluding steroid dienone is 1. The molecule has 1 saturated carbocycles. The van der Waals surface area contributed by atoms with Gasteiger partial charge in [0.25, 0.3) is 0 Å². The van der Waals surface area contributed by atoms with Crippen LogP contribution in [0.2, 0.25) is 0 Å². The summed E-state index contributed by atoms with van der Waals surface area (Å²) >= 11 is 0. The van der Waals surface area contributed by atoms with E-state index in [2.05, 4.69) is 11.4 Å². The van der Waals surface area contributed by atoms with Crippen LogP contribution in [0.1, 0.15) is 70.6 Å². The van der Waals surface area contributed by atoms with Crippen molar-refractivity contribution in [2.45, 2.75) is 70.6 Å². The van der Waals surface area contributed by atoms with E-state index in [1.54, 1.807) is 0 Å². The molecule has 1 amide bonds. The molecule has 0 aromatic heterocycles. The molecule has 0 radical (unpaired) electrons. The lowest BCUT2D eigenvalue weighted by Gasteiger charge is -2.28. The minimum absolute atomic E-state index is 0.0204. The first kappa shape index (κ1) is 16.1.